The molecular weight excluding hydrogens is 308 g/mol. The van der Waals surface area contributed by atoms with Crippen LogP contribution in [0, 0.1) is 5.92 Å². The van der Waals surface area contributed by atoms with Crippen molar-refractivity contribution in [3.05, 3.63) is 35.9 Å². The zero-order valence-corrected chi connectivity index (χ0v) is 15.6. The van der Waals surface area contributed by atoms with Crippen LogP contribution in [0.1, 0.15) is 44.1 Å². The molecule has 0 aromatic heterocycles. The maximum absolute atomic E-state index is 6.20. The lowest BCUT2D eigenvalue weighted by Crippen LogP contribution is -2.49. The third-order valence-corrected chi connectivity index (χ3v) is 6.33. The normalized spacial score (nSPS) is 28.3. The van der Waals surface area contributed by atoms with Crippen molar-refractivity contribution in [2.45, 2.75) is 44.6 Å². The molecule has 0 bridgehead atoms. The predicted octanol–water partition coefficient (Wildman–Crippen LogP) is 4.05. The zero-order chi connectivity index (χ0) is 17.1. The van der Waals surface area contributed by atoms with E-state index in [-0.39, 0.29) is 0 Å². The van der Waals surface area contributed by atoms with E-state index in [2.05, 4.69) is 47.2 Å². The van der Waals surface area contributed by atoms with Crippen molar-refractivity contribution in [1.82, 2.24) is 9.80 Å². The predicted molar refractivity (Wildman–Crippen MR) is 104 cm³/mol. The Bertz CT molecular complexity index is 593. The summed E-state index contributed by atoms with van der Waals surface area (Å²) in [6.07, 6.45) is 10.3. The zero-order valence-electron chi connectivity index (χ0n) is 15.6. The molecule has 3 nitrogen and oxygen atoms in total. The lowest BCUT2D eigenvalue weighted by molar-refractivity contribution is 0.0366. The van der Waals surface area contributed by atoms with Crippen LogP contribution in [0.4, 0.5) is 0 Å². The first-order valence-corrected chi connectivity index (χ1v) is 10.1. The van der Waals surface area contributed by atoms with Gasteiger partial charge in [-0.2, -0.15) is 0 Å². The molecule has 0 aliphatic carbocycles. The monoisotopic (exact) mass is 340 g/mol. The number of piperidine rings is 2. The average molecular weight is 341 g/mol. The van der Waals surface area contributed by atoms with Crippen LogP contribution in [0.5, 0.6) is 5.75 Å². The van der Waals surface area contributed by atoms with Crippen LogP contribution < -0.4 is 4.74 Å². The number of rotatable bonds is 4. The number of hydrogen-bond donors (Lipinski definition) is 0. The standard InChI is InChI=1S/C22H32N2O/c1-23-15-11-19(12-16-23)18-7-9-21(10-8-18)25-17-20-5-4-14-24-13-3-2-6-22(20)24/h7-11,20,22H,2-6,12-17H2,1H3/t20-,22+/m0/s1. The van der Waals surface area contributed by atoms with E-state index < -0.39 is 0 Å². The molecule has 1 aromatic carbocycles. The van der Waals surface area contributed by atoms with E-state index in [0.717, 1.165) is 37.9 Å². The topological polar surface area (TPSA) is 15.7 Å². The average Bonchev–Trinajstić information content (AvgIpc) is 2.67. The quantitative estimate of drug-likeness (QED) is 0.822. The van der Waals surface area contributed by atoms with Crippen LogP contribution in [0.2, 0.25) is 0 Å². The summed E-state index contributed by atoms with van der Waals surface area (Å²) in [4.78, 5) is 5.08. The molecule has 3 heteroatoms. The summed E-state index contributed by atoms with van der Waals surface area (Å²) in [6.45, 7) is 5.71. The van der Waals surface area contributed by atoms with Gasteiger partial charge < -0.3 is 9.64 Å². The molecule has 0 unspecified atom stereocenters. The van der Waals surface area contributed by atoms with E-state index in [1.165, 1.54) is 56.3 Å². The Morgan fingerprint density at radius 3 is 2.64 bits per heavy atom. The molecule has 0 spiro atoms. The van der Waals surface area contributed by atoms with Crippen molar-refractivity contribution in [3.8, 4) is 5.75 Å². The number of fused-ring (bicyclic) bond motifs is 1. The van der Waals surface area contributed by atoms with Gasteiger partial charge >= 0.3 is 0 Å². The molecule has 4 rings (SSSR count). The van der Waals surface area contributed by atoms with Crippen molar-refractivity contribution >= 4 is 5.57 Å². The van der Waals surface area contributed by atoms with Gasteiger partial charge in [0, 0.05) is 25.0 Å². The van der Waals surface area contributed by atoms with Crippen LogP contribution in [0.3, 0.4) is 0 Å². The van der Waals surface area contributed by atoms with Crippen LogP contribution in [-0.2, 0) is 0 Å². The highest BCUT2D eigenvalue weighted by atomic mass is 16.5. The number of ether oxygens (including phenoxy) is 1. The maximum Gasteiger partial charge on any atom is 0.119 e. The van der Waals surface area contributed by atoms with Gasteiger partial charge in [0.25, 0.3) is 0 Å². The Hall–Kier alpha value is -1.32. The molecular formula is C22H32N2O. The smallest absolute Gasteiger partial charge is 0.119 e. The fraction of sp³-hybridized carbons (Fsp3) is 0.636. The second kappa shape index (κ2) is 7.92. The molecule has 2 atom stereocenters. The van der Waals surface area contributed by atoms with Gasteiger partial charge in [0.05, 0.1) is 6.61 Å². The molecule has 25 heavy (non-hydrogen) atoms. The minimum Gasteiger partial charge on any atom is -0.493 e. The highest BCUT2D eigenvalue weighted by Gasteiger charge is 2.33. The summed E-state index contributed by atoms with van der Waals surface area (Å²) in [6, 6.07) is 9.57. The molecule has 3 aliphatic rings. The highest BCUT2D eigenvalue weighted by Crippen LogP contribution is 2.31. The van der Waals surface area contributed by atoms with E-state index in [1.54, 1.807) is 0 Å². The van der Waals surface area contributed by atoms with E-state index in [9.17, 15) is 0 Å². The number of hydrogen-bond acceptors (Lipinski definition) is 3. The third-order valence-electron chi connectivity index (χ3n) is 6.33. The summed E-state index contributed by atoms with van der Waals surface area (Å²) >= 11 is 0. The van der Waals surface area contributed by atoms with Gasteiger partial charge in [-0.25, -0.2) is 0 Å². The number of nitrogens with zero attached hydrogens (tertiary/aromatic N) is 2. The van der Waals surface area contributed by atoms with Gasteiger partial charge in [-0.15, -0.1) is 0 Å². The Labute approximate surface area is 152 Å². The number of benzene rings is 1. The molecule has 0 radical (unpaired) electrons. The number of likely N-dealkylation sites (N-methyl/N-ethyl adjacent to an activating group) is 1. The van der Waals surface area contributed by atoms with Gasteiger partial charge in [-0.05, 0) is 75.5 Å². The fourth-order valence-corrected chi connectivity index (χ4v) is 4.77. The molecule has 2 fully saturated rings. The Balaban J connectivity index is 1.34. The van der Waals surface area contributed by atoms with Crippen molar-refractivity contribution in [2.24, 2.45) is 5.92 Å². The molecule has 3 aliphatic heterocycles. The molecule has 0 N–H and O–H groups in total. The van der Waals surface area contributed by atoms with E-state index in [0.29, 0.717) is 5.92 Å². The molecule has 136 valence electrons. The van der Waals surface area contributed by atoms with Crippen molar-refractivity contribution in [3.63, 3.8) is 0 Å². The summed E-state index contributed by atoms with van der Waals surface area (Å²) in [7, 11) is 2.18. The second-order valence-electron chi connectivity index (χ2n) is 8.08. The van der Waals surface area contributed by atoms with Gasteiger partial charge in [-0.1, -0.05) is 24.6 Å². The Morgan fingerprint density at radius 2 is 1.84 bits per heavy atom. The summed E-state index contributed by atoms with van der Waals surface area (Å²) in [5.41, 5.74) is 2.84. The van der Waals surface area contributed by atoms with Gasteiger partial charge in [-0.3, -0.25) is 4.90 Å². The first-order valence-electron chi connectivity index (χ1n) is 10.1. The Kier molecular flexibility index (Phi) is 5.42. The fourth-order valence-electron chi connectivity index (χ4n) is 4.77. The lowest BCUT2D eigenvalue weighted by Gasteiger charge is -2.44. The molecule has 2 saturated heterocycles. The molecule has 1 aromatic rings. The molecule has 0 amide bonds. The van der Waals surface area contributed by atoms with Gasteiger partial charge in [0.15, 0.2) is 0 Å². The summed E-state index contributed by atoms with van der Waals surface area (Å²) in [5.74, 6) is 1.75. The van der Waals surface area contributed by atoms with Gasteiger partial charge in [0.1, 0.15) is 5.75 Å². The first kappa shape index (κ1) is 17.1. The minimum atomic E-state index is 0.713. The van der Waals surface area contributed by atoms with Gasteiger partial charge in [0.2, 0.25) is 0 Å². The Morgan fingerprint density at radius 1 is 1.00 bits per heavy atom. The van der Waals surface area contributed by atoms with Crippen molar-refractivity contribution < 1.29 is 4.74 Å². The largest absolute Gasteiger partial charge is 0.493 e. The molecule has 0 saturated carbocycles. The summed E-state index contributed by atoms with van der Waals surface area (Å²) < 4.78 is 6.20. The summed E-state index contributed by atoms with van der Waals surface area (Å²) in [5, 5.41) is 0. The SMILES string of the molecule is CN1CC=C(c2ccc(OC[C@@H]3CCCN4CCCC[C@H]34)cc2)CC1. The third kappa shape index (κ3) is 4.09. The highest BCUT2D eigenvalue weighted by molar-refractivity contribution is 5.67. The lowest BCUT2D eigenvalue weighted by atomic mass is 9.84. The molecule has 3 heterocycles. The first-order chi connectivity index (χ1) is 12.3. The maximum atomic E-state index is 6.20. The van der Waals surface area contributed by atoms with Crippen molar-refractivity contribution in [2.75, 3.05) is 39.8 Å². The van der Waals surface area contributed by atoms with Crippen molar-refractivity contribution in [1.29, 1.82) is 0 Å². The minimum absolute atomic E-state index is 0.713. The van der Waals surface area contributed by atoms with E-state index in [1.807, 2.05) is 0 Å². The van der Waals surface area contributed by atoms with Crippen LogP contribution >= 0.6 is 0 Å². The second-order valence-corrected chi connectivity index (χ2v) is 8.08. The van der Waals surface area contributed by atoms with E-state index in [4.69, 9.17) is 4.74 Å². The van der Waals surface area contributed by atoms with E-state index >= 15 is 0 Å². The van der Waals surface area contributed by atoms with Crippen LogP contribution in [0.15, 0.2) is 30.3 Å². The van der Waals surface area contributed by atoms with Crippen LogP contribution in [0.25, 0.3) is 5.57 Å². The van der Waals surface area contributed by atoms with Crippen LogP contribution in [-0.4, -0.2) is 55.7 Å².